The molecule has 1 heterocycles. The first-order valence-corrected chi connectivity index (χ1v) is 5.68. The molecule has 0 radical (unpaired) electrons. The van der Waals surface area contributed by atoms with Crippen LogP contribution in [0.2, 0.25) is 0 Å². The number of esters is 1. The molecule has 1 aliphatic rings. The van der Waals surface area contributed by atoms with Crippen LogP contribution in [0, 0.1) is 5.92 Å². The summed E-state index contributed by atoms with van der Waals surface area (Å²) in [5.74, 6) is 0.629. The first-order valence-electron chi connectivity index (χ1n) is 5.68. The van der Waals surface area contributed by atoms with Crippen molar-refractivity contribution in [2.75, 3.05) is 33.4 Å². The maximum absolute atomic E-state index is 10.8. The van der Waals surface area contributed by atoms with Gasteiger partial charge in [0, 0.05) is 19.6 Å². The maximum Gasteiger partial charge on any atom is 0.305 e. The van der Waals surface area contributed by atoms with Gasteiger partial charge in [0.2, 0.25) is 0 Å². The fourth-order valence-electron chi connectivity index (χ4n) is 1.73. The van der Waals surface area contributed by atoms with Crippen LogP contribution in [0.4, 0.5) is 0 Å². The Labute approximate surface area is 91.3 Å². The van der Waals surface area contributed by atoms with Crippen molar-refractivity contribution in [1.82, 2.24) is 5.32 Å². The Morgan fingerprint density at radius 2 is 2.33 bits per heavy atom. The molecule has 1 rings (SSSR count). The van der Waals surface area contributed by atoms with Crippen LogP contribution >= 0.6 is 0 Å². The van der Waals surface area contributed by atoms with E-state index in [0.29, 0.717) is 13.0 Å². The third kappa shape index (κ3) is 5.74. The van der Waals surface area contributed by atoms with Gasteiger partial charge in [-0.1, -0.05) is 0 Å². The molecule has 1 atom stereocenters. The zero-order valence-electron chi connectivity index (χ0n) is 9.46. The summed E-state index contributed by atoms with van der Waals surface area (Å²) in [6.45, 7) is 3.75. The quantitative estimate of drug-likeness (QED) is 0.507. The average Bonchev–Trinajstić information content (AvgIpc) is 2.75. The Morgan fingerprint density at radius 1 is 1.47 bits per heavy atom. The van der Waals surface area contributed by atoms with Crippen molar-refractivity contribution in [3.8, 4) is 0 Å². The molecule has 0 amide bonds. The van der Waals surface area contributed by atoms with Gasteiger partial charge in [0.1, 0.15) is 0 Å². The fourth-order valence-corrected chi connectivity index (χ4v) is 1.73. The SMILES string of the molecule is COC(=O)CCCOCCC1CCNC1. The standard InChI is InChI=1S/C11H21NO3/c1-14-11(13)3-2-7-15-8-5-10-4-6-12-9-10/h10,12H,2-9H2,1H3. The zero-order valence-corrected chi connectivity index (χ0v) is 9.46. The van der Waals surface area contributed by atoms with Crippen molar-refractivity contribution in [2.24, 2.45) is 5.92 Å². The lowest BCUT2D eigenvalue weighted by Gasteiger charge is -2.08. The molecule has 1 fully saturated rings. The summed E-state index contributed by atoms with van der Waals surface area (Å²) in [7, 11) is 1.41. The Morgan fingerprint density at radius 3 is 3.00 bits per heavy atom. The number of carbonyl (C=O) groups excluding carboxylic acids is 1. The van der Waals surface area contributed by atoms with Gasteiger partial charge in [0.05, 0.1) is 7.11 Å². The third-order valence-corrected chi connectivity index (χ3v) is 2.73. The molecule has 4 heteroatoms. The maximum atomic E-state index is 10.8. The number of carbonyl (C=O) groups is 1. The summed E-state index contributed by atoms with van der Waals surface area (Å²) < 4.78 is 9.99. The Kier molecular flexibility index (Phi) is 6.36. The van der Waals surface area contributed by atoms with Gasteiger partial charge in [-0.25, -0.2) is 0 Å². The van der Waals surface area contributed by atoms with E-state index < -0.39 is 0 Å². The summed E-state index contributed by atoms with van der Waals surface area (Å²) in [5.41, 5.74) is 0. The Balaban J connectivity index is 1.82. The summed E-state index contributed by atoms with van der Waals surface area (Å²) in [6, 6.07) is 0. The van der Waals surface area contributed by atoms with E-state index in [9.17, 15) is 4.79 Å². The molecule has 1 aliphatic heterocycles. The predicted molar refractivity (Wildman–Crippen MR) is 57.7 cm³/mol. The number of ether oxygens (including phenoxy) is 2. The van der Waals surface area contributed by atoms with E-state index in [4.69, 9.17) is 4.74 Å². The average molecular weight is 215 g/mol. The number of methoxy groups -OCH3 is 1. The minimum atomic E-state index is -0.154. The first kappa shape index (κ1) is 12.5. The number of hydrogen-bond acceptors (Lipinski definition) is 4. The molecule has 15 heavy (non-hydrogen) atoms. The van der Waals surface area contributed by atoms with E-state index >= 15 is 0 Å². The first-order chi connectivity index (χ1) is 7.33. The highest BCUT2D eigenvalue weighted by Gasteiger charge is 2.13. The largest absolute Gasteiger partial charge is 0.469 e. The third-order valence-electron chi connectivity index (χ3n) is 2.73. The van der Waals surface area contributed by atoms with Gasteiger partial charge >= 0.3 is 5.97 Å². The van der Waals surface area contributed by atoms with Gasteiger partial charge in [0.25, 0.3) is 0 Å². The summed E-state index contributed by atoms with van der Waals surface area (Å²) >= 11 is 0. The molecule has 0 aromatic rings. The number of hydrogen-bond donors (Lipinski definition) is 1. The van der Waals surface area contributed by atoms with E-state index in [1.165, 1.54) is 13.5 Å². The van der Waals surface area contributed by atoms with Crippen LogP contribution in [0.3, 0.4) is 0 Å². The molecule has 1 saturated heterocycles. The molecule has 0 aromatic carbocycles. The topological polar surface area (TPSA) is 47.6 Å². The molecule has 0 aliphatic carbocycles. The van der Waals surface area contributed by atoms with E-state index in [0.717, 1.165) is 38.5 Å². The highest BCUT2D eigenvalue weighted by atomic mass is 16.5. The van der Waals surface area contributed by atoms with Crippen molar-refractivity contribution >= 4 is 5.97 Å². The second-order valence-corrected chi connectivity index (χ2v) is 3.94. The van der Waals surface area contributed by atoms with E-state index in [1.807, 2.05) is 0 Å². The van der Waals surface area contributed by atoms with Crippen molar-refractivity contribution < 1.29 is 14.3 Å². The molecular weight excluding hydrogens is 194 g/mol. The van der Waals surface area contributed by atoms with Gasteiger partial charge in [-0.15, -0.1) is 0 Å². The molecule has 0 aromatic heterocycles. The van der Waals surface area contributed by atoms with Crippen molar-refractivity contribution in [3.63, 3.8) is 0 Å². The van der Waals surface area contributed by atoms with Crippen molar-refractivity contribution in [3.05, 3.63) is 0 Å². The van der Waals surface area contributed by atoms with Crippen LogP contribution < -0.4 is 5.32 Å². The molecule has 0 bridgehead atoms. The van der Waals surface area contributed by atoms with Crippen molar-refractivity contribution in [2.45, 2.75) is 25.7 Å². The lowest BCUT2D eigenvalue weighted by molar-refractivity contribution is -0.141. The molecule has 4 nitrogen and oxygen atoms in total. The van der Waals surface area contributed by atoms with E-state index in [1.54, 1.807) is 0 Å². The summed E-state index contributed by atoms with van der Waals surface area (Å²) in [5, 5.41) is 3.33. The monoisotopic (exact) mass is 215 g/mol. The van der Waals surface area contributed by atoms with Crippen LogP contribution in [-0.2, 0) is 14.3 Å². The van der Waals surface area contributed by atoms with E-state index in [2.05, 4.69) is 10.1 Å². The number of nitrogens with one attached hydrogen (secondary N) is 1. The summed E-state index contributed by atoms with van der Waals surface area (Å²) in [6.07, 6.45) is 3.62. The highest BCUT2D eigenvalue weighted by molar-refractivity contribution is 5.68. The summed E-state index contributed by atoms with van der Waals surface area (Å²) in [4.78, 5) is 10.8. The normalized spacial score (nSPS) is 20.5. The van der Waals surface area contributed by atoms with Crippen LogP contribution in [0.15, 0.2) is 0 Å². The van der Waals surface area contributed by atoms with Gasteiger partial charge in [-0.2, -0.15) is 0 Å². The minimum Gasteiger partial charge on any atom is -0.469 e. The molecule has 0 spiro atoms. The lowest BCUT2D eigenvalue weighted by atomic mass is 10.1. The van der Waals surface area contributed by atoms with E-state index in [-0.39, 0.29) is 5.97 Å². The fraction of sp³-hybridized carbons (Fsp3) is 0.909. The molecular formula is C11H21NO3. The van der Waals surface area contributed by atoms with Crippen molar-refractivity contribution in [1.29, 1.82) is 0 Å². The van der Waals surface area contributed by atoms with Gasteiger partial charge in [-0.05, 0) is 38.3 Å². The molecule has 1 N–H and O–H groups in total. The zero-order chi connectivity index (χ0) is 10.9. The smallest absolute Gasteiger partial charge is 0.305 e. The van der Waals surface area contributed by atoms with Gasteiger partial charge < -0.3 is 14.8 Å². The second kappa shape index (κ2) is 7.65. The highest BCUT2D eigenvalue weighted by Crippen LogP contribution is 2.11. The minimum absolute atomic E-state index is 0.154. The van der Waals surface area contributed by atoms with Crippen LogP contribution in [0.25, 0.3) is 0 Å². The van der Waals surface area contributed by atoms with Crippen LogP contribution in [-0.4, -0.2) is 39.4 Å². The van der Waals surface area contributed by atoms with Gasteiger partial charge in [0.15, 0.2) is 0 Å². The van der Waals surface area contributed by atoms with Crippen LogP contribution in [0.5, 0.6) is 0 Å². The Hall–Kier alpha value is -0.610. The molecule has 1 unspecified atom stereocenters. The predicted octanol–water partition coefficient (Wildman–Crippen LogP) is 0.956. The molecule has 88 valence electrons. The number of rotatable bonds is 7. The lowest BCUT2D eigenvalue weighted by Crippen LogP contribution is -2.11. The molecule has 0 saturated carbocycles. The Bertz CT molecular complexity index is 179. The second-order valence-electron chi connectivity index (χ2n) is 3.94. The van der Waals surface area contributed by atoms with Gasteiger partial charge in [-0.3, -0.25) is 4.79 Å². The van der Waals surface area contributed by atoms with Crippen LogP contribution in [0.1, 0.15) is 25.7 Å².